The first-order valence-corrected chi connectivity index (χ1v) is 8.34. The fourth-order valence-electron chi connectivity index (χ4n) is 2.41. The molecule has 17 heavy (non-hydrogen) atoms. The predicted octanol–water partition coefficient (Wildman–Crippen LogP) is 3.11. The first-order chi connectivity index (χ1) is 8.07. The van der Waals surface area contributed by atoms with Gasteiger partial charge in [-0.25, -0.2) is 0 Å². The third-order valence-corrected chi connectivity index (χ3v) is 5.99. The second-order valence-electron chi connectivity index (χ2n) is 4.66. The topological polar surface area (TPSA) is 3.24 Å². The normalized spacial score (nSPS) is 27.0. The van der Waals surface area contributed by atoms with Crippen molar-refractivity contribution in [2.45, 2.75) is 25.1 Å². The summed E-state index contributed by atoms with van der Waals surface area (Å²) >= 11 is 3.88. The van der Waals surface area contributed by atoms with E-state index in [-0.39, 0.29) is 12.8 Å². The average Bonchev–Trinajstić information content (AvgIpc) is 2.56. The standard InChI is InChI=1S/C11H18F3NS2/c12-11(13,14)9-1-3-15(4-2-9)10-7-16-5-6-17-8-10/h9-10H,1-8H2. The summed E-state index contributed by atoms with van der Waals surface area (Å²) in [4.78, 5) is 2.27. The van der Waals surface area contributed by atoms with E-state index in [2.05, 4.69) is 4.90 Å². The van der Waals surface area contributed by atoms with Crippen LogP contribution in [0.5, 0.6) is 0 Å². The monoisotopic (exact) mass is 285 g/mol. The van der Waals surface area contributed by atoms with Crippen LogP contribution in [-0.2, 0) is 0 Å². The van der Waals surface area contributed by atoms with E-state index in [1.54, 1.807) is 0 Å². The molecule has 0 unspecified atom stereocenters. The van der Waals surface area contributed by atoms with Gasteiger partial charge in [-0.05, 0) is 25.9 Å². The van der Waals surface area contributed by atoms with Crippen molar-refractivity contribution in [3.63, 3.8) is 0 Å². The van der Waals surface area contributed by atoms with Gasteiger partial charge in [0, 0.05) is 29.1 Å². The molecule has 0 aromatic rings. The van der Waals surface area contributed by atoms with Crippen LogP contribution >= 0.6 is 23.5 Å². The number of hydrogen-bond acceptors (Lipinski definition) is 3. The maximum absolute atomic E-state index is 12.5. The van der Waals surface area contributed by atoms with Crippen LogP contribution in [0.4, 0.5) is 13.2 Å². The fourth-order valence-corrected chi connectivity index (χ4v) is 5.03. The summed E-state index contributed by atoms with van der Waals surface area (Å²) in [7, 11) is 0. The van der Waals surface area contributed by atoms with Crippen molar-refractivity contribution >= 4 is 23.5 Å². The van der Waals surface area contributed by atoms with Gasteiger partial charge in [-0.1, -0.05) is 0 Å². The van der Waals surface area contributed by atoms with Crippen molar-refractivity contribution in [1.29, 1.82) is 0 Å². The molecule has 2 rings (SSSR count). The van der Waals surface area contributed by atoms with E-state index in [0.29, 0.717) is 19.1 Å². The van der Waals surface area contributed by atoms with Gasteiger partial charge in [0.1, 0.15) is 0 Å². The molecule has 0 atom stereocenters. The highest BCUT2D eigenvalue weighted by atomic mass is 32.2. The highest BCUT2D eigenvalue weighted by Crippen LogP contribution is 2.35. The van der Waals surface area contributed by atoms with Crippen molar-refractivity contribution < 1.29 is 13.2 Å². The zero-order chi connectivity index (χ0) is 12.3. The van der Waals surface area contributed by atoms with Gasteiger partial charge in [-0.15, -0.1) is 0 Å². The van der Waals surface area contributed by atoms with Crippen LogP contribution < -0.4 is 0 Å². The molecule has 2 saturated heterocycles. The summed E-state index contributed by atoms with van der Waals surface area (Å²) in [5.74, 6) is 3.47. The molecule has 0 radical (unpaired) electrons. The van der Waals surface area contributed by atoms with E-state index in [1.165, 1.54) is 11.5 Å². The molecule has 2 heterocycles. The van der Waals surface area contributed by atoms with Crippen LogP contribution in [0.1, 0.15) is 12.8 Å². The van der Waals surface area contributed by atoms with E-state index < -0.39 is 12.1 Å². The van der Waals surface area contributed by atoms with Gasteiger partial charge in [-0.3, -0.25) is 4.90 Å². The van der Waals surface area contributed by atoms with Gasteiger partial charge < -0.3 is 0 Å². The average molecular weight is 285 g/mol. The molecule has 0 aromatic heterocycles. The molecule has 2 aliphatic rings. The van der Waals surface area contributed by atoms with Crippen LogP contribution in [0.2, 0.25) is 0 Å². The Kier molecular flexibility index (Phi) is 4.95. The quantitative estimate of drug-likeness (QED) is 0.729. The summed E-state index contributed by atoms with van der Waals surface area (Å²) in [6, 6.07) is 0.488. The summed E-state index contributed by atoms with van der Waals surface area (Å²) in [6.07, 6.45) is -3.41. The molecule has 1 nitrogen and oxygen atoms in total. The van der Waals surface area contributed by atoms with E-state index in [4.69, 9.17) is 0 Å². The smallest absolute Gasteiger partial charge is 0.299 e. The first kappa shape index (κ1) is 13.9. The van der Waals surface area contributed by atoms with E-state index in [0.717, 1.165) is 11.5 Å². The van der Waals surface area contributed by atoms with Crippen LogP contribution in [0.25, 0.3) is 0 Å². The number of hydrogen-bond donors (Lipinski definition) is 0. The van der Waals surface area contributed by atoms with Gasteiger partial charge >= 0.3 is 6.18 Å². The highest BCUT2D eigenvalue weighted by Gasteiger charge is 2.41. The largest absolute Gasteiger partial charge is 0.391 e. The molecule has 0 aromatic carbocycles. The number of thioether (sulfide) groups is 2. The van der Waals surface area contributed by atoms with Gasteiger partial charge in [0.15, 0.2) is 0 Å². The lowest BCUT2D eigenvalue weighted by atomic mass is 9.95. The molecule has 0 saturated carbocycles. The molecule has 0 bridgehead atoms. The molecule has 2 aliphatic heterocycles. The highest BCUT2D eigenvalue weighted by molar-refractivity contribution is 8.03. The third kappa shape index (κ3) is 3.96. The summed E-state index contributed by atoms with van der Waals surface area (Å²) in [6.45, 7) is 1.24. The predicted molar refractivity (Wildman–Crippen MR) is 68.8 cm³/mol. The second-order valence-corrected chi connectivity index (χ2v) is 6.96. The second kappa shape index (κ2) is 6.06. The number of likely N-dealkylation sites (tertiary alicyclic amines) is 1. The maximum atomic E-state index is 12.5. The molecule has 2 fully saturated rings. The number of halogens is 3. The van der Waals surface area contributed by atoms with Gasteiger partial charge in [0.25, 0.3) is 0 Å². The van der Waals surface area contributed by atoms with Crippen LogP contribution in [0.15, 0.2) is 0 Å². The van der Waals surface area contributed by atoms with Crippen LogP contribution in [0, 0.1) is 5.92 Å². The minimum Gasteiger partial charge on any atom is -0.299 e. The van der Waals surface area contributed by atoms with Gasteiger partial charge in [0.2, 0.25) is 0 Å². The number of rotatable bonds is 1. The van der Waals surface area contributed by atoms with Crippen molar-refractivity contribution in [3.8, 4) is 0 Å². The van der Waals surface area contributed by atoms with E-state index >= 15 is 0 Å². The Labute approximate surface area is 109 Å². The summed E-state index contributed by atoms with van der Waals surface area (Å²) in [5, 5.41) is 0. The molecular formula is C11H18F3NS2. The molecular weight excluding hydrogens is 267 g/mol. The summed E-state index contributed by atoms with van der Waals surface area (Å²) in [5.41, 5.74) is 0. The number of piperidine rings is 1. The minimum atomic E-state index is -3.99. The van der Waals surface area contributed by atoms with Crippen LogP contribution in [0.3, 0.4) is 0 Å². The van der Waals surface area contributed by atoms with Crippen molar-refractivity contribution in [1.82, 2.24) is 4.90 Å². The molecule has 6 heteroatoms. The van der Waals surface area contributed by atoms with Gasteiger partial charge in [-0.2, -0.15) is 36.7 Å². The Balaban J connectivity index is 1.81. The lowest BCUT2D eigenvalue weighted by Crippen LogP contribution is -2.46. The Bertz CT molecular complexity index is 231. The first-order valence-electron chi connectivity index (χ1n) is 6.03. The molecule has 100 valence electrons. The Morgan fingerprint density at radius 3 is 1.94 bits per heavy atom. The lowest BCUT2D eigenvalue weighted by Gasteiger charge is -2.37. The van der Waals surface area contributed by atoms with E-state index in [1.807, 2.05) is 23.5 Å². The SMILES string of the molecule is FC(F)(F)C1CCN(C2CSCCSC2)CC1. The zero-order valence-corrected chi connectivity index (χ0v) is 11.3. The van der Waals surface area contributed by atoms with Gasteiger partial charge in [0.05, 0.1) is 5.92 Å². The molecule has 0 amide bonds. The number of nitrogens with zero attached hydrogens (tertiary/aromatic N) is 1. The minimum absolute atomic E-state index is 0.287. The Hall–Kier alpha value is 0.450. The lowest BCUT2D eigenvalue weighted by molar-refractivity contribution is -0.185. The maximum Gasteiger partial charge on any atom is 0.391 e. The molecule has 0 aliphatic carbocycles. The van der Waals surface area contributed by atoms with Crippen molar-refractivity contribution in [3.05, 3.63) is 0 Å². The van der Waals surface area contributed by atoms with E-state index in [9.17, 15) is 13.2 Å². The fraction of sp³-hybridized carbons (Fsp3) is 1.00. The molecule has 0 N–H and O–H groups in total. The number of alkyl halides is 3. The Morgan fingerprint density at radius 1 is 0.941 bits per heavy atom. The van der Waals surface area contributed by atoms with Crippen molar-refractivity contribution in [2.75, 3.05) is 36.1 Å². The van der Waals surface area contributed by atoms with Crippen molar-refractivity contribution in [2.24, 2.45) is 5.92 Å². The Morgan fingerprint density at radius 2 is 1.47 bits per heavy atom. The third-order valence-electron chi connectivity index (χ3n) is 3.50. The van der Waals surface area contributed by atoms with Crippen LogP contribution in [-0.4, -0.2) is 53.2 Å². The zero-order valence-electron chi connectivity index (χ0n) is 9.71. The summed E-state index contributed by atoms with van der Waals surface area (Å²) < 4.78 is 37.6. The molecule has 0 spiro atoms.